The molecule has 1 unspecified atom stereocenters. The Morgan fingerprint density at radius 1 is 0.619 bits per heavy atom. The van der Waals surface area contributed by atoms with E-state index in [1.807, 2.05) is 0 Å². The van der Waals surface area contributed by atoms with Gasteiger partial charge in [0.2, 0.25) is 0 Å². The van der Waals surface area contributed by atoms with Gasteiger partial charge >= 0.3 is 0 Å². The van der Waals surface area contributed by atoms with Gasteiger partial charge in [-0.3, -0.25) is 0 Å². The van der Waals surface area contributed by atoms with Crippen molar-refractivity contribution in [1.29, 1.82) is 0 Å². The molecule has 0 saturated carbocycles. The summed E-state index contributed by atoms with van der Waals surface area (Å²) in [5, 5.41) is 0. The van der Waals surface area contributed by atoms with Crippen LogP contribution in [0.25, 0.3) is 0 Å². The molecule has 2 atom stereocenters. The summed E-state index contributed by atoms with van der Waals surface area (Å²) in [6, 6.07) is 21.7. The smallest absolute Gasteiger partial charge is 0.000804 e. The van der Waals surface area contributed by atoms with E-state index in [2.05, 4.69) is 72.8 Å². The van der Waals surface area contributed by atoms with Crippen LogP contribution in [0.3, 0.4) is 0 Å². The fraction of sp³-hybridized carbons (Fsp3) is 0.238. The zero-order chi connectivity index (χ0) is 14.1. The van der Waals surface area contributed by atoms with Crippen molar-refractivity contribution >= 4 is 0 Å². The quantitative estimate of drug-likeness (QED) is 0.689. The molecule has 0 aliphatic heterocycles. The molecule has 2 aliphatic carbocycles. The lowest BCUT2D eigenvalue weighted by Crippen LogP contribution is -2.01. The lowest BCUT2D eigenvalue weighted by atomic mass is 9.91. The van der Waals surface area contributed by atoms with Crippen molar-refractivity contribution in [2.24, 2.45) is 11.8 Å². The molecule has 104 valence electrons. The Hall–Kier alpha value is -2.08. The Bertz CT molecular complexity index is 615. The van der Waals surface area contributed by atoms with Gasteiger partial charge in [0.1, 0.15) is 0 Å². The van der Waals surface area contributed by atoms with E-state index in [9.17, 15) is 0 Å². The number of hydrogen-bond donors (Lipinski definition) is 0. The molecule has 0 heteroatoms. The average molecular weight is 272 g/mol. The van der Waals surface area contributed by atoms with Crippen molar-refractivity contribution in [3.05, 3.63) is 95.1 Å². The van der Waals surface area contributed by atoms with Gasteiger partial charge in [-0.1, -0.05) is 84.0 Å². The lowest BCUT2D eigenvalue weighted by Gasteiger charge is -2.14. The summed E-state index contributed by atoms with van der Waals surface area (Å²) >= 11 is 0. The van der Waals surface area contributed by atoms with Crippen LogP contribution in [0.2, 0.25) is 0 Å². The minimum Gasteiger partial charge on any atom is -0.0772 e. The van der Waals surface area contributed by atoms with Gasteiger partial charge in [0, 0.05) is 0 Å². The minimum atomic E-state index is 0.689. The Labute approximate surface area is 126 Å². The second-order valence-corrected chi connectivity index (χ2v) is 6.26. The lowest BCUT2D eigenvalue weighted by molar-refractivity contribution is 0.686. The molecule has 4 rings (SSSR count). The number of allylic oxidation sites excluding steroid dienone is 4. The predicted octanol–water partition coefficient (Wildman–Crippen LogP) is 4.97. The van der Waals surface area contributed by atoms with Crippen LogP contribution >= 0.6 is 0 Å². The van der Waals surface area contributed by atoms with Crippen LogP contribution in [0.15, 0.2) is 84.0 Å². The second-order valence-electron chi connectivity index (χ2n) is 6.26. The van der Waals surface area contributed by atoms with Gasteiger partial charge in [-0.2, -0.15) is 0 Å². The SMILES string of the molecule is C1=C(Cc2ccccc2)C2C=C(Cc3ccccc3)[C@H]1C2. The Morgan fingerprint density at radius 3 is 1.43 bits per heavy atom. The first-order valence-electron chi connectivity index (χ1n) is 7.87. The molecule has 2 aromatic rings. The average Bonchev–Trinajstić information content (AvgIpc) is 3.09. The molecular weight excluding hydrogens is 252 g/mol. The van der Waals surface area contributed by atoms with E-state index in [0.29, 0.717) is 11.8 Å². The number of hydrogen-bond acceptors (Lipinski definition) is 0. The molecule has 0 N–H and O–H groups in total. The van der Waals surface area contributed by atoms with Gasteiger partial charge in [0.15, 0.2) is 0 Å². The van der Waals surface area contributed by atoms with Gasteiger partial charge in [0.25, 0.3) is 0 Å². The fourth-order valence-corrected chi connectivity index (χ4v) is 3.73. The molecule has 0 saturated heterocycles. The first-order valence-corrected chi connectivity index (χ1v) is 7.87. The number of rotatable bonds is 4. The normalized spacial score (nSPS) is 23.0. The van der Waals surface area contributed by atoms with E-state index < -0.39 is 0 Å². The third kappa shape index (κ3) is 2.58. The van der Waals surface area contributed by atoms with Gasteiger partial charge < -0.3 is 0 Å². The van der Waals surface area contributed by atoms with E-state index in [1.165, 1.54) is 17.5 Å². The number of benzene rings is 2. The molecule has 0 nitrogen and oxygen atoms in total. The van der Waals surface area contributed by atoms with Crippen LogP contribution in [-0.2, 0) is 12.8 Å². The van der Waals surface area contributed by atoms with Gasteiger partial charge in [-0.25, -0.2) is 0 Å². The van der Waals surface area contributed by atoms with Crippen molar-refractivity contribution in [1.82, 2.24) is 0 Å². The van der Waals surface area contributed by atoms with Gasteiger partial charge in [0.05, 0.1) is 0 Å². The van der Waals surface area contributed by atoms with Crippen LogP contribution in [0.4, 0.5) is 0 Å². The monoisotopic (exact) mass is 272 g/mol. The van der Waals surface area contributed by atoms with Crippen molar-refractivity contribution < 1.29 is 0 Å². The molecule has 2 bridgehead atoms. The summed E-state index contributed by atoms with van der Waals surface area (Å²) in [6.07, 6.45) is 8.63. The molecule has 0 fully saturated rings. The van der Waals surface area contributed by atoms with Crippen LogP contribution in [0.1, 0.15) is 17.5 Å². The van der Waals surface area contributed by atoms with Gasteiger partial charge in [-0.15, -0.1) is 0 Å². The first-order chi connectivity index (χ1) is 10.4. The molecule has 0 amide bonds. The van der Waals surface area contributed by atoms with Crippen LogP contribution in [0, 0.1) is 11.8 Å². The van der Waals surface area contributed by atoms with Crippen molar-refractivity contribution in [3.8, 4) is 0 Å². The zero-order valence-electron chi connectivity index (χ0n) is 12.2. The van der Waals surface area contributed by atoms with E-state index in [4.69, 9.17) is 0 Å². The highest BCUT2D eigenvalue weighted by atomic mass is 14.4. The van der Waals surface area contributed by atoms with Crippen molar-refractivity contribution in [2.45, 2.75) is 19.3 Å². The Morgan fingerprint density at radius 2 is 1.05 bits per heavy atom. The molecule has 0 radical (unpaired) electrons. The maximum atomic E-state index is 2.54. The summed E-state index contributed by atoms with van der Waals surface area (Å²) in [7, 11) is 0. The fourth-order valence-electron chi connectivity index (χ4n) is 3.73. The topological polar surface area (TPSA) is 0 Å². The maximum absolute atomic E-state index is 2.54. The molecule has 2 aromatic carbocycles. The van der Waals surface area contributed by atoms with Crippen LogP contribution in [0.5, 0.6) is 0 Å². The van der Waals surface area contributed by atoms with Gasteiger partial charge in [-0.05, 0) is 42.2 Å². The molecule has 0 aromatic heterocycles. The zero-order valence-corrected chi connectivity index (χ0v) is 12.2. The molecule has 0 spiro atoms. The highest BCUT2D eigenvalue weighted by Gasteiger charge is 2.33. The largest absolute Gasteiger partial charge is 0.0772 e. The standard InChI is InChI=1S/C21H20/c1-3-7-16(8-4-1)11-18-13-21-15-20(18)14-19(21)12-17-9-5-2-6-10-17/h1-10,13-14,20-21H,11-12,15H2/t20-,21?/m1/s1. The Balaban J connectivity index is 1.46. The van der Waals surface area contributed by atoms with E-state index in [1.54, 1.807) is 11.1 Å². The van der Waals surface area contributed by atoms with Crippen molar-refractivity contribution in [2.75, 3.05) is 0 Å². The van der Waals surface area contributed by atoms with E-state index >= 15 is 0 Å². The molecule has 0 heterocycles. The summed E-state index contributed by atoms with van der Waals surface area (Å²) in [6.45, 7) is 0. The number of fused-ring (bicyclic) bond motifs is 2. The Kier molecular flexibility index (Phi) is 3.23. The molecule has 21 heavy (non-hydrogen) atoms. The highest BCUT2D eigenvalue weighted by molar-refractivity contribution is 5.40. The summed E-state index contributed by atoms with van der Waals surface area (Å²) < 4.78 is 0. The molecule has 2 aliphatic rings. The first kappa shape index (κ1) is 12.6. The summed E-state index contributed by atoms with van der Waals surface area (Å²) in [5.41, 5.74) is 6.13. The highest BCUT2D eigenvalue weighted by Crippen LogP contribution is 2.44. The minimum absolute atomic E-state index is 0.689. The van der Waals surface area contributed by atoms with Crippen LogP contribution < -0.4 is 0 Å². The van der Waals surface area contributed by atoms with E-state index in [0.717, 1.165) is 12.8 Å². The summed E-state index contributed by atoms with van der Waals surface area (Å²) in [4.78, 5) is 0. The molecular formula is C21H20. The third-order valence-corrected chi connectivity index (χ3v) is 4.79. The third-order valence-electron chi connectivity index (χ3n) is 4.79. The summed E-state index contributed by atoms with van der Waals surface area (Å²) in [5.74, 6) is 1.38. The second kappa shape index (κ2) is 5.37. The maximum Gasteiger partial charge on any atom is -0.000804 e. The van der Waals surface area contributed by atoms with Crippen molar-refractivity contribution in [3.63, 3.8) is 0 Å². The van der Waals surface area contributed by atoms with Crippen LogP contribution in [-0.4, -0.2) is 0 Å². The van der Waals surface area contributed by atoms with E-state index in [-0.39, 0.29) is 0 Å². The predicted molar refractivity (Wildman–Crippen MR) is 88.1 cm³/mol.